The van der Waals surface area contributed by atoms with Crippen molar-refractivity contribution in [2.24, 2.45) is 0 Å². The van der Waals surface area contributed by atoms with E-state index in [-0.39, 0.29) is 5.91 Å². The number of rotatable bonds is 5. The van der Waals surface area contributed by atoms with Crippen molar-refractivity contribution in [3.63, 3.8) is 0 Å². The fraction of sp³-hybridized carbons (Fsp3) is 0.381. The van der Waals surface area contributed by atoms with Crippen LogP contribution in [0.5, 0.6) is 5.75 Å². The molecule has 1 fully saturated rings. The molecule has 1 aliphatic rings. The SMILES string of the molecule is CC(C)c1ccccc1NC(=O)C[NH+]1CCN(c2ccccc2O)CC1. The fourth-order valence-corrected chi connectivity index (χ4v) is 3.51. The molecule has 1 saturated heterocycles. The highest BCUT2D eigenvalue weighted by Gasteiger charge is 2.24. The molecule has 0 atom stereocenters. The first kappa shape index (κ1) is 18.3. The van der Waals surface area contributed by atoms with Gasteiger partial charge in [-0.2, -0.15) is 0 Å². The third-order valence-corrected chi connectivity index (χ3v) is 4.96. The topological polar surface area (TPSA) is 57.0 Å². The van der Waals surface area contributed by atoms with Crippen LogP contribution in [0.25, 0.3) is 0 Å². The van der Waals surface area contributed by atoms with Crippen LogP contribution in [0.4, 0.5) is 11.4 Å². The summed E-state index contributed by atoms with van der Waals surface area (Å²) in [4.78, 5) is 15.9. The first-order valence-corrected chi connectivity index (χ1v) is 9.30. The molecule has 1 amide bonds. The van der Waals surface area contributed by atoms with Gasteiger partial charge >= 0.3 is 0 Å². The standard InChI is InChI=1S/C21H27N3O2/c1-16(2)17-7-3-4-8-18(17)22-21(26)15-23-11-13-24(14-12-23)19-9-5-6-10-20(19)25/h3-10,16,25H,11-15H2,1-2H3,(H,22,26)/p+1. The van der Waals surface area contributed by atoms with Gasteiger partial charge in [0.15, 0.2) is 6.54 Å². The summed E-state index contributed by atoms with van der Waals surface area (Å²) in [6.45, 7) is 8.18. The van der Waals surface area contributed by atoms with Gasteiger partial charge in [-0.1, -0.05) is 44.2 Å². The minimum Gasteiger partial charge on any atom is -0.506 e. The first-order chi connectivity index (χ1) is 12.5. The molecule has 1 heterocycles. The number of phenolic OH excluding ortho intramolecular Hbond substituents is 1. The number of hydrogen-bond donors (Lipinski definition) is 3. The Labute approximate surface area is 155 Å². The van der Waals surface area contributed by atoms with Gasteiger partial charge in [-0.25, -0.2) is 0 Å². The Morgan fingerprint density at radius 2 is 1.77 bits per heavy atom. The molecule has 5 nitrogen and oxygen atoms in total. The maximum absolute atomic E-state index is 12.5. The molecule has 0 bridgehead atoms. The van der Waals surface area contributed by atoms with E-state index in [1.165, 1.54) is 10.5 Å². The normalized spacial score (nSPS) is 15.3. The minimum atomic E-state index is 0.0594. The molecule has 138 valence electrons. The van der Waals surface area contributed by atoms with E-state index in [2.05, 4.69) is 30.1 Å². The van der Waals surface area contributed by atoms with Crippen LogP contribution in [0.1, 0.15) is 25.3 Å². The van der Waals surface area contributed by atoms with Crippen LogP contribution >= 0.6 is 0 Å². The summed E-state index contributed by atoms with van der Waals surface area (Å²) in [5.74, 6) is 0.754. The van der Waals surface area contributed by atoms with E-state index < -0.39 is 0 Å². The monoisotopic (exact) mass is 354 g/mol. The van der Waals surface area contributed by atoms with Crippen molar-refractivity contribution in [2.45, 2.75) is 19.8 Å². The smallest absolute Gasteiger partial charge is 0.279 e. The molecule has 2 aromatic rings. The number of nitrogens with zero attached hydrogens (tertiary/aromatic N) is 1. The van der Waals surface area contributed by atoms with Crippen LogP contribution in [-0.4, -0.2) is 43.7 Å². The zero-order valence-electron chi connectivity index (χ0n) is 15.5. The first-order valence-electron chi connectivity index (χ1n) is 9.30. The van der Waals surface area contributed by atoms with E-state index in [9.17, 15) is 9.90 Å². The van der Waals surface area contributed by atoms with Crippen LogP contribution in [-0.2, 0) is 4.79 Å². The van der Waals surface area contributed by atoms with Crippen LogP contribution in [0.15, 0.2) is 48.5 Å². The van der Waals surface area contributed by atoms with E-state index in [0.29, 0.717) is 18.2 Å². The number of hydrogen-bond acceptors (Lipinski definition) is 3. The number of benzene rings is 2. The highest BCUT2D eigenvalue weighted by atomic mass is 16.3. The number of amides is 1. The largest absolute Gasteiger partial charge is 0.506 e. The maximum atomic E-state index is 12.5. The predicted octanol–water partition coefficient (Wildman–Crippen LogP) is 1.86. The molecular weight excluding hydrogens is 326 g/mol. The Hall–Kier alpha value is -2.53. The lowest BCUT2D eigenvalue weighted by molar-refractivity contribution is -0.892. The van der Waals surface area contributed by atoms with Gasteiger partial charge in [0, 0.05) is 5.69 Å². The summed E-state index contributed by atoms with van der Waals surface area (Å²) in [7, 11) is 0. The van der Waals surface area contributed by atoms with Crippen molar-refractivity contribution in [1.29, 1.82) is 0 Å². The van der Waals surface area contributed by atoms with Crippen LogP contribution in [0, 0.1) is 0 Å². The number of anilines is 2. The molecule has 0 saturated carbocycles. The predicted molar refractivity (Wildman–Crippen MR) is 105 cm³/mol. The van der Waals surface area contributed by atoms with Gasteiger partial charge in [0.1, 0.15) is 5.75 Å². The number of nitrogens with one attached hydrogen (secondary N) is 2. The minimum absolute atomic E-state index is 0.0594. The van der Waals surface area contributed by atoms with Crippen molar-refractivity contribution >= 4 is 17.3 Å². The van der Waals surface area contributed by atoms with Crippen LogP contribution in [0.2, 0.25) is 0 Å². The highest BCUT2D eigenvalue weighted by molar-refractivity contribution is 5.92. The molecule has 5 heteroatoms. The molecule has 0 aliphatic carbocycles. The zero-order valence-corrected chi connectivity index (χ0v) is 15.5. The average molecular weight is 354 g/mol. The Balaban J connectivity index is 1.53. The van der Waals surface area contributed by atoms with Crippen molar-refractivity contribution in [3.05, 3.63) is 54.1 Å². The lowest BCUT2D eigenvalue weighted by Gasteiger charge is -2.33. The van der Waals surface area contributed by atoms with Gasteiger partial charge in [0.05, 0.1) is 31.9 Å². The Bertz CT molecular complexity index is 752. The summed E-state index contributed by atoms with van der Waals surface area (Å²) in [5, 5.41) is 13.1. The Morgan fingerprint density at radius 3 is 2.46 bits per heavy atom. The molecule has 1 aliphatic heterocycles. The third-order valence-electron chi connectivity index (χ3n) is 4.96. The zero-order chi connectivity index (χ0) is 18.5. The van der Waals surface area contributed by atoms with Gasteiger partial charge < -0.3 is 20.2 Å². The number of carbonyl (C=O) groups excluding carboxylic acids is 1. The number of para-hydroxylation sites is 3. The molecule has 26 heavy (non-hydrogen) atoms. The van der Waals surface area contributed by atoms with Crippen molar-refractivity contribution in [3.8, 4) is 5.75 Å². The van der Waals surface area contributed by atoms with E-state index in [1.54, 1.807) is 6.07 Å². The van der Waals surface area contributed by atoms with Gasteiger partial charge in [0.25, 0.3) is 5.91 Å². The average Bonchev–Trinajstić information content (AvgIpc) is 2.63. The molecule has 3 N–H and O–H groups in total. The van der Waals surface area contributed by atoms with Gasteiger partial charge in [-0.05, 0) is 29.7 Å². The van der Waals surface area contributed by atoms with Gasteiger partial charge in [-0.15, -0.1) is 0 Å². The highest BCUT2D eigenvalue weighted by Crippen LogP contribution is 2.26. The number of quaternary nitrogens is 1. The lowest BCUT2D eigenvalue weighted by Crippen LogP contribution is -3.15. The fourth-order valence-electron chi connectivity index (χ4n) is 3.51. The molecule has 2 aromatic carbocycles. The van der Waals surface area contributed by atoms with Crippen LogP contribution in [0.3, 0.4) is 0 Å². The molecule has 0 unspecified atom stereocenters. The molecular formula is C21H28N3O2+. The maximum Gasteiger partial charge on any atom is 0.279 e. The summed E-state index contributed by atoms with van der Waals surface area (Å²) >= 11 is 0. The van der Waals surface area contributed by atoms with E-state index in [1.807, 2.05) is 36.4 Å². The van der Waals surface area contributed by atoms with Gasteiger partial charge in [-0.3, -0.25) is 4.79 Å². The summed E-state index contributed by atoms with van der Waals surface area (Å²) in [6, 6.07) is 15.4. The number of piperazine rings is 1. The third kappa shape index (κ3) is 4.35. The van der Waals surface area contributed by atoms with Crippen LogP contribution < -0.4 is 15.1 Å². The summed E-state index contributed by atoms with van der Waals surface area (Å²) in [6.07, 6.45) is 0. The molecule has 0 aromatic heterocycles. The molecule has 0 spiro atoms. The Morgan fingerprint density at radius 1 is 1.12 bits per heavy atom. The van der Waals surface area contributed by atoms with E-state index in [4.69, 9.17) is 0 Å². The number of carbonyl (C=O) groups is 1. The molecule has 0 radical (unpaired) electrons. The second-order valence-electron chi connectivity index (χ2n) is 7.19. The van der Waals surface area contributed by atoms with Crippen molar-refractivity contribution < 1.29 is 14.8 Å². The van der Waals surface area contributed by atoms with Crippen molar-refractivity contribution in [2.75, 3.05) is 42.9 Å². The number of phenols is 1. The summed E-state index contributed by atoms with van der Waals surface area (Å²) in [5.41, 5.74) is 2.96. The second kappa shape index (κ2) is 8.23. The second-order valence-corrected chi connectivity index (χ2v) is 7.19. The van der Waals surface area contributed by atoms with Gasteiger partial charge in [0.2, 0.25) is 0 Å². The quantitative estimate of drug-likeness (QED) is 0.768. The lowest BCUT2D eigenvalue weighted by atomic mass is 10.0. The molecule has 3 rings (SSSR count). The number of aromatic hydroxyl groups is 1. The van der Waals surface area contributed by atoms with E-state index in [0.717, 1.165) is 37.6 Å². The van der Waals surface area contributed by atoms with E-state index >= 15 is 0 Å². The Kier molecular flexibility index (Phi) is 5.78. The van der Waals surface area contributed by atoms with Crippen molar-refractivity contribution in [1.82, 2.24) is 0 Å². The summed E-state index contributed by atoms with van der Waals surface area (Å²) < 4.78 is 0.